The second-order valence-electron chi connectivity index (χ2n) is 6.32. The molecule has 23 heavy (non-hydrogen) atoms. The quantitative estimate of drug-likeness (QED) is 0.849. The van der Waals surface area contributed by atoms with Crippen LogP contribution in [-0.4, -0.2) is 16.9 Å². The molecule has 1 aromatic rings. The summed E-state index contributed by atoms with van der Waals surface area (Å²) in [7, 11) is 0. The highest BCUT2D eigenvalue weighted by atomic mass is 32.1. The molecule has 1 heterocycles. The van der Waals surface area contributed by atoms with Crippen LogP contribution in [0.15, 0.2) is 0 Å². The van der Waals surface area contributed by atoms with E-state index in [1.54, 1.807) is 0 Å². The first-order chi connectivity index (χ1) is 10.7. The SMILES string of the molecule is CCC(C)[C@@H]1CCCC[C@H]1NC(=O)c1sc(C)nc1C(F)(F)F. The summed E-state index contributed by atoms with van der Waals surface area (Å²) in [5.74, 6) is 0.148. The maximum Gasteiger partial charge on any atom is 0.435 e. The molecule has 7 heteroatoms. The average molecular weight is 348 g/mol. The number of nitrogens with one attached hydrogen (secondary N) is 1. The van der Waals surface area contributed by atoms with Crippen LogP contribution in [0.2, 0.25) is 0 Å². The number of aryl methyl sites for hydroxylation is 1. The maximum absolute atomic E-state index is 13.0. The fourth-order valence-electron chi connectivity index (χ4n) is 3.33. The number of rotatable bonds is 4. The van der Waals surface area contributed by atoms with Gasteiger partial charge in [0.25, 0.3) is 5.91 Å². The fraction of sp³-hybridized carbons (Fsp3) is 0.750. The predicted octanol–water partition coefficient (Wildman–Crippen LogP) is 4.81. The van der Waals surface area contributed by atoms with E-state index in [4.69, 9.17) is 0 Å². The number of thiazole rings is 1. The van der Waals surface area contributed by atoms with E-state index >= 15 is 0 Å². The van der Waals surface area contributed by atoms with Crippen molar-refractivity contribution in [3.63, 3.8) is 0 Å². The molecule has 0 aromatic carbocycles. The first-order valence-corrected chi connectivity index (χ1v) is 8.91. The van der Waals surface area contributed by atoms with Crippen molar-refractivity contribution in [3.05, 3.63) is 15.6 Å². The predicted molar refractivity (Wildman–Crippen MR) is 84.5 cm³/mol. The number of alkyl halides is 3. The number of nitrogens with zero attached hydrogens (tertiary/aromatic N) is 1. The van der Waals surface area contributed by atoms with Crippen molar-refractivity contribution in [1.82, 2.24) is 10.3 Å². The normalized spacial score (nSPS) is 23.6. The van der Waals surface area contributed by atoms with Gasteiger partial charge in [-0.25, -0.2) is 4.98 Å². The highest BCUT2D eigenvalue weighted by Gasteiger charge is 2.40. The fourth-order valence-corrected chi connectivity index (χ4v) is 4.17. The Morgan fingerprint density at radius 2 is 2.04 bits per heavy atom. The molecule has 1 aromatic heterocycles. The van der Waals surface area contributed by atoms with Crippen LogP contribution in [0.1, 0.15) is 66.3 Å². The molecule has 130 valence electrons. The van der Waals surface area contributed by atoms with Gasteiger partial charge in [-0.05, 0) is 31.6 Å². The summed E-state index contributed by atoms with van der Waals surface area (Å²) in [6, 6.07) is -0.0466. The highest BCUT2D eigenvalue weighted by molar-refractivity contribution is 7.13. The van der Waals surface area contributed by atoms with Gasteiger partial charge < -0.3 is 5.32 Å². The van der Waals surface area contributed by atoms with E-state index in [1.165, 1.54) is 6.92 Å². The van der Waals surface area contributed by atoms with Crippen molar-refractivity contribution >= 4 is 17.2 Å². The molecule has 3 nitrogen and oxygen atoms in total. The van der Waals surface area contributed by atoms with Crippen molar-refractivity contribution in [2.75, 3.05) is 0 Å². The van der Waals surface area contributed by atoms with Crippen LogP contribution >= 0.6 is 11.3 Å². The Bertz CT molecular complexity index is 556. The van der Waals surface area contributed by atoms with E-state index in [9.17, 15) is 18.0 Å². The van der Waals surface area contributed by atoms with E-state index in [0.717, 1.165) is 43.4 Å². The largest absolute Gasteiger partial charge is 0.435 e. The number of halogens is 3. The summed E-state index contributed by atoms with van der Waals surface area (Å²) in [4.78, 5) is 15.6. The van der Waals surface area contributed by atoms with Gasteiger partial charge in [0.05, 0.1) is 5.01 Å². The van der Waals surface area contributed by atoms with Crippen molar-refractivity contribution in [3.8, 4) is 0 Å². The Labute approximate surface area is 138 Å². The number of hydrogen-bond donors (Lipinski definition) is 1. The molecule has 3 atom stereocenters. The third-order valence-electron chi connectivity index (χ3n) is 4.72. The van der Waals surface area contributed by atoms with E-state index in [1.807, 2.05) is 0 Å². The van der Waals surface area contributed by atoms with Crippen LogP contribution in [0, 0.1) is 18.8 Å². The van der Waals surface area contributed by atoms with E-state index in [0.29, 0.717) is 11.8 Å². The minimum Gasteiger partial charge on any atom is -0.348 e. The lowest BCUT2D eigenvalue weighted by Crippen LogP contribution is -2.44. The molecule has 2 rings (SSSR count). The van der Waals surface area contributed by atoms with Crippen LogP contribution in [0.3, 0.4) is 0 Å². The van der Waals surface area contributed by atoms with E-state index in [2.05, 4.69) is 24.1 Å². The van der Waals surface area contributed by atoms with Gasteiger partial charge in [0.1, 0.15) is 4.88 Å². The number of carbonyl (C=O) groups excluding carboxylic acids is 1. The summed E-state index contributed by atoms with van der Waals surface area (Å²) in [5.41, 5.74) is -1.06. The van der Waals surface area contributed by atoms with Crippen LogP contribution in [0.4, 0.5) is 13.2 Å². The van der Waals surface area contributed by atoms with Gasteiger partial charge in [0, 0.05) is 6.04 Å². The number of aromatic nitrogens is 1. The zero-order valence-corrected chi connectivity index (χ0v) is 14.5. The van der Waals surface area contributed by atoms with Gasteiger partial charge in [0.15, 0.2) is 5.69 Å². The molecule has 1 aliphatic rings. The molecule has 1 fully saturated rings. The standard InChI is InChI=1S/C16H23F3N2OS/c1-4-9(2)11-7-5-6-8-12(11)21-15(22)13-14(16(17,18)19)20-10(3)23-13/h9,11-12H,4-8H2,1-3H3,(H,21,22)/t9?,11-,12+/m0/s1. The Balaban J connectivity index is 2.18. The molecule has 1 unspecified atom stereocenters. The Hall–Kier alpha value is -1.11. The summed E-state index contributed by atoms with van der Waals surface area (Å²) < 4.78 is 39.1. The van der Waals surface area contributed by atoms with Gasteiger partial charge in [-0.3, -0.25) is 4.79 Å². The van der Waals surface area contributed by atoms with Crippen molar-refractivity contribution in [2.45, 2.75) is 65.1 Å². The summed E-state index contributed by atoms with van der Waals surface area (Å²) >= 11 is 0.810. The van der Waals surface area contributed by atoms with Gasteiger partial charge >= 0.3 is 6.18 Å². The lowest BCUT2D eigenvalue weighted by molar-refractivity contribution is -0.141. The van der Waals surface area contributed by atoms with Crippen LogP contribution in [0.5, 0.6) is 0 Å². The molecule has 1 amide bonds. The van der Waals surface area contributed by atoms with Crippen molar-refractivity contribution < 1.29 is 18.0 Å². The smallest absolute Gasteiger partial charge is 0.348 e. The number of amides is 1. The molecule has 0 bridgehead atoms. The minimum absolute atomic E-state index is 0.0466. The molecule has 0 aliphatic heterocycles. The Morgan fingerprint density at radius 3 is 2.65 bits per heavy atom. The highest BCUT2D eigenvalue weighted by Crippen LogP contribution is 2.35. The summed E-state index contributed by atoms with van der Waals surface area (Å²) in [6.07, 6.45) is 0.388. The van der Waals surface area contributed by atoms with Crippen LogP contribution in [-0.2, 0) is 6.18 Å². The summed E-state index contributed by atoms with van der Waals surface area (Å²) in [5, 5.41) is 3.11. The molecule has 1 N–H and O–H groups in total. The van der Waals surface area contributed by atoms with Crippen molar-refractivity contribution in [1.29, 1.82) is 0 Å². The van der Waals surface area contributed by atoms with Gasteiger partial charge in [0.2, 0.25) is 0 Å². The second-order valence-corrected chi connectivity index (χ2v) is 7.53. The monoisotopic (exact) mass is 348 g/mol. The zero-order valence-electron chi connectivity index (χ0n) is 13.7. The average Bonchev–Trinajstić information content (AvgIpc) is 2.89. The van der Waals surface area contributed by atoms with Gasteiger partial charge in [-0.2, -0.15) is 13.2 Å². The summed E-state index contributed by atoms with van der Waals surface area (Å²) in [6.45, 7) is 5.73. The molecule has 0 spiro atoms. The maximum atomic E-state index is 13.0. The number of carbonyl (C=O) groups is 1. The van der Waals surface area contributed by atoms with Crippen LogP contribution < -0.4 is 5.32 Å². The van der Waals surface area contributed by atoms with Gasteiger partial charge in [-0.15, -0.1) is 11.3 Å². The van der Waals surface area contributed by atoms with Gasteiger partial charge in [-0.1, -0.05) is 33.1 Å². The molecule has 1 aliphatic carbocycles. The van der Waals surface area contributed by atoms with Crippen molar-refractivity contribution in [2.24, 2.45) is 11.8 Å². The van der Waals surface area contributed by atoms with E-state index < -0.39 is 17.8 Å². The minimum atomic E-state index is -4.60. The molecular weight excluding hydrogens is 325 g/mol. The van der Waals surface area contributed by atoms with E-state index in [-0.39, 0.29) is 15.9 Å². The lowest BCUT2D eigenvalue weighted by Gasteiger charge is -2.35. The molecule has 1 saturated carbocycles. The molecular formula is C16H23F3N2OS. The second kappa shape index (κ2) is 7.20. The lowest BCUT2D eigenvalue weighted by atomic mass is 9.76. The Morgan fingerprint density at radius 1 is 1.39 bits per heavy atom. The Kier molecular flexibility index (Phi) is 5.70. The zero-order chi connectivity index (χ0) is 17.2. The molecule has 0 saturated heterocycles. The topological polar surface area (TPSA) is 42.0 Å². The number of hydrogen-bond acceptors (Lipinski definition) is 3. The third kappa shape index (κ3) is 4.25. The third-order valence-corrected chi connectivity index (χ3v) is 5.69. The first-order valence-electron chi connectivity index (χ1n) is 8.09. The van der Waals surface area contributed by atoms with Crippen LogP contribution in [0.25, 0.3) is 0 Å². The first kappa shape index (κ1) is 18.2. The molecule has 0 radical (unpaired) electrons.